The molecule has 1 aliphatic rings. The van der Waals surface area contributed by atoms with Crippen LogP contribution in [0.3, 0.4) is 0 Å². The number of anilines is 1. The van der Waals surface area contributed by atoms with Gasteiger partial charge in [-0.2, -0.15) is 13.2 Å². The number of halogens is 5. The van der Waals surface area contributed by atoms with Gasteiger partial charge in [0.1, 0.15) is 24.7 Å². The minimum absolute atomic E-state index is 0.0113. The molecule has 0 spiro atoms. The molecule has 7 nitrogen and oxygen atoms in total. The number of amides is 3. The molecular weight excluding hydrogens is 693 g/mol. The highest BCUT2D eigenvalue weighted by Gasteiger charge is 2.37. The second kappa shape index (κ2) is 12.7. The molecule has 3 amide bonds. The van der Waals surface area contributed by atoms with Crippen molar-refractivity contribution in [1.29, 1.82) is 0 Å². The smallest absolute Gasteiger partial charge is 0.416 e. The van der Waals surface area contributed by atoms with Crippen molar-refractivity contribution in [3.63, 3.8) is 0 Å². The van der Waals surface area contributed by atoms with Crippen LogP contribution in [0.4, 0.5) is 23.7 Å². The van der Waals surface area contributed by atoms with E-state index in [1.165, 1.54) is 13.2 Å². The van der Waals surface area contributed by atoms with Gasteiger partial charge in [-0.05, 0) is 98.1 Å². The lowest BCUT2D eigenvalue weighted by Gasteiger charge is -2.16. The number of alkyl halides is 3. The summed E-state index contributed by atoms with van der Waals surface area (Å²) in [5.41, 5.74) is 1.47. The number of carbonyl (C=O) groups is 3. The molecule has 0 aromatic heterocycles. The zero-order valence-electron chi connectivity index (χ0n) is 21.5. The summed E-state index contributed by atoms with van der Waals surface area (Å²) in [6, 6.07) is 14.0. The molecule has 1 fully saturated rings. The van der Waals surface area contributed by atoms with E-state index in [1.54, 1.807) is 12.1 Å². The lowest BCUT2D eigenvalue weighted by molar-refractivity contribution is -0.137. The highest BCUT2D eigenvalue weighted by Crippen LogP contribution is 2.39. The maximum atomic E-state index is 13.1. The van der Waals surface area contributed by atoms with E-state index >= 15 is 0 Å². The maximum Gasteiger partial charge on any atom is 0.416 e. The number of benzene rings is 3. The average molecular weight is 714 g/mol. The molecule has 0 radical (unpaired) electrons. The van der Waals surface area contributed by atoms with Gasteiger partial charge in [0.2, 0.25) is 5.91 Å². The highest BCUT2D eigenvalue weighted by molar-refractivity contribution is 9.11. The molecule has 214 valence electrons. The molecule has 1 aliphatic heterocycles. The second-order valence-electron chi connectivity index (χ2n) is 8.82. The van der Waals surface area contributed by atoms with Gasteiger partial charge >= 0.3 is 6.18 Å². The molecular formula is C28H21Br2F3N2O5S. The Morgan fingerprint density at radius 3 is 2.32 bits per heavy atom. The van der Waals surface area contributed by atoms with E-state index in [9.17, 15) is 27.6 Å². The summed E-state index contributed by atoms with van der Waals surface area (Å²) >= 11 is 7.60. The lowest BCUT2D eigenvalue weighted by Crippen LogP contribution is -2.36. The minimum Gasteiger partial charge on any atom is -0.495 e. The van der Waals surface area contributed by atoms with Gasteiger partial charge < -0.3 is 14.8 Å². The Morgan fingerprint density at radius 1 is 1.05 bits per heavy atom. The summed E-state index contributed by atoms with van der Waals surface area (Å²) < 4.78 is 51.5. The van der Waals surface area contributed by atoms with Crippen LogP contribution in [0.1, 0.15) is 22.3 Å². The van der Waals surface area contributed by atoms with Gasteiger partial charge in [-0.3, -0.25) is 19.3 Å². The fraction of sp³-hybridized carbons (Fsp3) is 0.179. The van der Waals surface area contributed by atoms with Crippen LogP contribution in [0, 0.1) is 6.92 Å². The van der Waals surface area contributed by atoms with Crippen molar-refractivity contribution in [3.05, 3.63) is 90.7 Å². The van der Waals surface area contributed by atoms with Crippen LogP contribution in [0.15, 0.2) is 68.4 Å². The molecule has 3 aromatic rings. The Bertz CT molecular complexity index is 1520. The van der Waals surface area contributed by atoms with Gasteiger partial charge in [0.15, 0.2) is 0 Å². The molecule has 4 rings (SSSR count). The Kier molecular flexibility index (Phi) is 9.50. The first-order chi connectivity index (χ1) is 19.3. The maximum absolute atomic E-state index is 13.1. The number of ether oxygens (including phenoxy) is 2. The van der Waals surface area contributed by atoms with Crippen LogP contribution in [-0.4, -0.2) is 35.6 Å². The number of hydrogen-bond acceptors (Lipinski definition) is 6. The van der Waals surface area contributed by atoms with E-state index in [0.717, 1.165) is 28.2 Å². The van der Waals surface area contributed by atoms with Crippen molar-refractivity contribution in [2.75, 3.05) is 19.0 Å². The number of nitrogens with zero attached hydrogens (tertiary/aromatic N) is 1. The van der Waals surface area contributed by atoms with Crippen LogP contribution in [-0.2, 0) is 22.4 Å². The third kappa shape index (κ3) is 7.52. The third-order valence-electron chi connectivity index (χ3n) is 5.80. The monoisotopic (exact) mass is 712 g/mol. The normalized spacial score (nSPS) is 14.5. The number of methoxy groups -OCH3 is 1. The summed E-state index contributed by atoms with van der Waals surface area (Å²) in [6.07, 6.45) is -3.14. The van der Waals surface area contributed by atoms with Crippen LogP contribution in [0.2, 0.25) is 0 Å². The first-order valence-electron chi connectivity index (χ1n) is 11.8. The molecule has 3 aromatic carbocycles. The fourth-order valence-electron chi connectivity index (χ4n) is 3.74. The van der Waals surface area contributed by atoms with Crippen LogP contribution in [0.25, 0.3) is 6.08 Å². The number of aryl methyl sites for hydroxylation is 1. The first-order valence-corrected chi connectivity index (χ1v) is 14.2. The van der Waals surface area contributed by atoms with E-state index in [2.05, 4.69) is 37.2 Å². The number of rotatable bonds is 8. The summed E-state index contributed by atoms with van der Waals surface area (Å²) in [6.45, 7) is 1.64. The average Bonchev–Trinajstić information content (AvgIpc) is 3.15. The van der Waals surface area contributed by atoms with Crippen molar-refractivity contribution in [1.82, 2.24) is 4.90 Å². The van der Waals surface area contributed by atoms with E-state index < -0.39 is 35.3 Å². The molecule has 1 N–H and O–H groups in total. The predicted molar refractivity (Wildman–Crippen MR) is 157 cm³/mol. The zero-order valence-corrected chi connectivity index (χ0v) is 25.5. The molecule has 13 heteroatoms. The van der Waals surface area contributed by atoms with Crippen LogP contribution < -0.4 is 14.8 Å². The number of carbonyl (C=O) groups excluding carboxylic acids is 3. The Balaban J connectivity index is 1.45. The van der Waals surface area contributed by atoms with Gasteiger partial charge in [-0.25, -0.2) is 0 Å². The van der Waals surface area contributed by atoms with E-state index in [0.29, 0.717) is 44.7 Å². The molecule has 0 aliphatic carbocycles. The number of thioether (sulfide) groups is 1. The summed E-state index contributed by atoms with van der Waals surface area (Å²) in [7, 11) is 1.24. The topological polar surface area (TPSA) is 84.9 Å². The van der Waals surface area contributed by atoms with Gasteiger partial charge in [-0.15, -0.1) is 0 Å². The quantitative estimate of drug-likeness (QED) is 0.240. The molecule has 1 saturated heterocycles. The summed E-state index contributed by atoms with van der Waals surface area (Å²) in [5.74, 6) is -1.04. The van der Waals surface area contributed by atoms with Crippen molar-refractivity contribution < 1.29 is 37.0 Å². The van der Waals surface area contributed by atoms with Crippen molar-refractivity contribution in [2.24, 2.45) is 0 Å². The Labute approximate surface area is 254 Å². The van der Waals surface area contributed by atoms with Crippen molar-refractivity contribution in [3.8, 4) is 11.5 Å². The van der Waals surface area contributed by atoms with Gasteiger partial charge in [0.05, 0.1) is 32.2 Å². The van der Waals surface area contributed by atoms with Crippen LogP contribution in [0.5, 0.6) is 11.5 Å². The van der Waals surface area contributed by atoms with Crippen molar-refractivity contribution in [2.45, 2.75) is 19.7 Å². The molecule has 0 unspecified atom stereocenters. The largest absolute Gasteiger partial charge is 0.495 e. The van der Waals surface area contributed by atoms with E-state index in [1.807, 2.05) is 31.2 Å². The number of nitrogens with one attached hydrogen (secondary N) is 1. The second-order valence-corrected chi connectivity index (χ2v) is 11.5. The zero-order chi connectivity index (χ0) is 29.9. The molecule has 0 saturated carbocycles. The number of imide groups is 1. The standard InChI is InChI=1S/C28H21Br2F3N2O5S/c1-15-3-5-16(6-4-15)14-40-25-19(29)9-17(10-20(25)30)11-23-26(37)35(27(38)41-23)13-24(36)34-21-12-18(28(31,32)33)7-8-22(21)39-2/h3-12H,13-14H2,1-2H3,(H,34,36)/b23-11-. The van der Waals surface area contributed by atoms with E-state index in [-0.39, 0.29) is 16.3 Å². The highest BCUT2D eigenvalue weighted by atomic mass is 79.9. The van der Waals surface area contributed by atoms with Crippen LogP contribution >= 0.6 is 43.6 Å². The molecule has 0 atom stereocenters. The molecule has 41 heavy (non-hydrogen) atoms. The third-order valence-corrected chi connectivity index (χ3v) is 7.88. The van der Waals surface area contributed by atoms with E-state index in [4.69, 9.17) is 9.47 Å². The molecule has 1 heterocycles. The fourth-order valence-corrected chi connectivity index (χ4v) is 6.03. The van der Waals surface area contributed by atoms with Gasteiger partial charge in [0, 0.05) is 0 Å². The Hall–Kier alpha value is -3.29. The first kappa shape index (κ1) is 30.7. The van der Waals surface area contributed by atoms with Crippen molar-refractivity contribution >= 4 is 72.4 Å². The summed E-state index contributed by atoms with van der Waals surface area (Å²) in [5, 5.41) is 1.60. The van der Waals surface area contributed by atoms with Gasteiger partial charge in [-0.1, -0.05) is 29.8 Å². The molecule has 0 bridgehead atoms. The summed E-state index contributed by atoms with van der Waals surface area (Å²) in [4.78, 5) is 38.9. The predicted octanol–water partition coefficient (Wildman–Crippen LogP) is 7.80. The Morgan fingerprint density at radius 2 is 1.71 bits per heavy atom. The lowest BCUT2D eigenvalue weighted by atomic mass is 10.1. The van der Waals surface area contributed by atoms with Gasteiger partial charge in [0.25, 0.3) is 11.1 Å². The SMILES string of the molecule is COc1ccc(C(F)(F)F)cc1NC(=O)CN1C(=O)S/C(=C\c2cc(Br)c(OCc3ccc(C)cc3)c(Br)c2)C1=O. The number of hydrogen-bond donors (Lipinski definition) is 1. The minimum atomic E-state index is -4.64.